The molecule has 2 fully saturated rings. The zero-order valence-electron chi connectivity index (χ0n) is 22.7. The maximum atomic E-state index is 13.7. The molecule has 11 heteroatoms. The normalized spacial score (nSPS) is 18.1. The van der Waals surface area contributed by atoms with Crippen LogP contribution in [0.1, 0.15) is 83.5 Å². The molecule has 1 saturated carbocycles. The standard InChI is InChI=1S/C29H36F3N3O5/c1-19-24(28(33)38)15-25(35(19)16-21-9-5-10-22(13-21)40-29(30,31)32)26(36)18-34(17-23-11-6-12-39-23)27(37)14-20-7-3-2-4-8-20/h5,9-10,13,15,20,23H,2-4,6-8,11-12,14,16-18H2,1H3,(H2,33,38). The van der Waals surface area contributed by atoms with Crippen molar-refractivity contribution in [1.82, 2.24) is 9.47 Å². The Morgan fingerprint density at radius 1 is 1.10 bits per heavy atom. The van der Waals surface area contributed by atoms with Gasteiger partial charge in [-0.25, -0.2) is 0 Å². The minimum Gasteiger partial charge on any atom is -0.406 e. The Balaban J connectivity index is 1.58. The van der Waals surface area contributed by atoms with Crippen LogP contribution in [0.2, 0.25) is 0 Å². The number of amides is 2. The third-order valence-corrected chi connectivity index (χ3v) is 7.71. The van der Waals surface area contributed by atoms with E-state index in [4.69, 9.17) is 10.5 Å². The van der Waals surface area contributed by atoms with E-state index in [0.717, 1.165) is 38.5 Å². The summed E-state index contributed by atoms with van der Waals surface area (Å²) in [6, 6.07) is 6.81. The van der Waals surface area contributed by atoms with Gasteiger partial charge in [0.15, 0.2) is 5.78 Å². The first-order valence-corrected chi connectivity index (χ1v) is 13.8. The summed E-state index contributed by atoms with van der Waals surface area (Å²) in [7, 11) is 0. The first-order chi connectivity index (χ1) is 19.0. The van der Waals surface area contributed by atoms with Gasteiger partial charge in [0.2, 0.25) is 5.91 Å². The molecule has 1 aromatic carbocycles. The molecule has 1 aromatic heterocycles. The van der Waals surface area contributed by atoms with E-state index < -0.39 is 23.8 Å². The molecule has 0 spiro atoms. The van der Waals surface area contributed by atoms with Gasteiger partial charge in [0.25, 0.3) is 5.91 Å². The van der Waals surface area contributed by atoms with Crippen molar-refractivity contribution in [3.63, 3.8) is 0 Å². The zero-order valence-corrected chi connectivity index (χ0v) is 22.7. The molecular weight excluding hydrogens is 527 g/mol. The lowest BCUT2D eigenvalue weighted by molar-refractivity contribution is -0.274. The molecule has 0 bridgehead atoms. The lowest BCUT2D eigenvalue weighted by Crippen LogP contribution is -2.42. The second-order valence-electron chi connectivity index (χ2n) is 10.7. The molecule has 2 aliphatic rings. The van der Waals surface area contributed by atoms with Gasteiger partial charge in [0, 0.05) is 31.8 Å². The average Bonchev–Trinajstić information content (AvgIpc) is 3.51. The Bertz CT molecular complexity index is 1210. The molecule has 40 heavy (non-hydrogen) atoms. The first kappa shape index (κ1) is 29.6. The molecule has 4 rings (SSSR count). The van der Waals surface area contributed by atoms with Crippen molar-refractivity contribution in [2.75, 3.05) is 19.7 Å². The minimum absolute atomic E-state index is 0.00298. The number of hydrogen-bond donors (Lipinski definition) is 1. The monoisotopic (exact) mass is 563 g/mol. The summed E-state index contributed by atoms with van der Waals surface area (Å²) < 4.78 is 49.6. The number of carbonyl (C=O) groups excluding carboxylic acids is 3. The van der Waals surface area contributed by atoms with Gasteiger partial charge >= 0.3 is 6.36 Å². The second-order valence-corrected chi connectivity index (χ2v) is 10.7. The summed E-state index contributed by atoms with van der Waals surface area (Å²) in [6.07, 6.45) is 2.44. The van der Waals surface area contributed by atoms with Crippen molar-refractivity contribution >= 4 is 17.6 Å². The number of carbonyl (C=O) groups is 3. The number of ketones is 1. The molecule has 2 N–H and O–H groups in total. The van der Waals surface area contributed by atoms with Crippen molar-refractivity contribution in [2.24, 2.45) is 11.7 Å². The minimum atomic E-state index is -4.85. The molecule has 218 valence electrons. The van der Waals surface area contributed by atoms with Crippen molar-refractivity contribution in [3.05, 3.63) is 52.8 Å². The predicted molar refractivity (Wildman–Crippen MR) is 141 cm³/mol. The van der Waals surface area contributed by atoms with Crippen LogP contribution in [0.3, 0.4) is 0 Å². The lowest BCUT2D eigenvalue weighted by Gasteiger charge is -2.28. The number of halogens is 3. The largest absolute Gasteiger partial charge is 0.573 e. The Morgan fingerprint density at radius 3 is 2.50 bits per heavy atom. The van der Waals surface area contributed by atoms with Crippen LogP contribution in [0.15, 0.2) is 30.3 Å². The fourth-order valence-corrected chi connectivity index (χ4v) is 5.66. The molecule has 8 nitrogen and oxygen atoms in total. The van der Waals surface area contributed by atoms with E-state index >= 15 is 0 Å². The number of nitrogens with zero attached hydrogens (tertiary/aromatic N) is 2. The highest BCUT2D eigenvalue weighted by Crippen LogP contribution is 2.28. The van der Waals surface area contributed by atoms with E-state index in [1.54, 1.807) is 22.5 Å². The fourth-order valence-electron chi connectivity index (χ4n) is 5.66. The van der Waals surface area contributed by atoms with Gasteiger partial charge in [-0.3, -0.25) is 14.4 Å². The number of Topliss-reactive ketones (excluding diaryl/α,β-unsaturated/α-hetero) is 1. The van der Waals surface area contributed by atoms with Gasteiger partial charge in [0.1, 0.15) is 5.75 Å². The number of rotatable bonds is 11. The topological polar surface area (TPSA) is 104 Å². The molecule has 2 aromatic rings. The van der Waals surface area contributed by atoms with E-state index in [-0.39, 0.29) is 36.4 Å². The summed E-state index contributed by atoms with van der Waals surface area (Å²) in [5.41, 5.74) is 6.66. The van der Waals surface area contributed by atoms with E-state index in [1.807, 2.05) is 0 Å². The second kappa shape index (κ2) is 12.9. The average molecular weight is 564 g/mol. The summed E-state index contributed by atoms with van der Waals surface area (Å²) >= 11 is 0. The fraction of sp³-hybridized carbons (Fsp3) is 0.552. The van der Waals surface area contributed by atoms with Crippen LogP contribution in [0, 0.1) is 12.8 Å². The number of alkyl halides is 3. The third-order valence-electron chi connectivity index (χ3n) is 7.71. The molecular formula is C29H36F3N3O5. The van der Waals surface area contributed by atoms with Crippen LogP contribution < -0.4 is 10.5 Å². The first-order valence-electron chi connectivity index (χ1n) is 13.8. The number of ether oxygens (including phenoxy) is 2. The summed E-state index contributed by atoms with van der Waals surface area (Å²) in [5, 5.41) is 0. The smallest absolute Gasteiger partial charge is 0.406 e. The molecule has 1 unspecified atom stereocenters. The van der Waals surface area contributed by atoms with Crippen LogP contribution in [0.4, 0.5) is 13.2 Å². The molecule has 1 aliphatic heterocycles. The molecule has 0 radical (unpaired) electrons. The van der Waals surface area contributed by atoms with Gasteiger partial charge in [0.05, 0.1) is 23.9 Å². The highest BCUT2D eigenvalue weighted by atomic mass is 19.4. The van der Waals surface area contributed by atoms with E-state index in [2.05, 4.69) is 4.74 Å². The quantitative estimate of drug-likeness (QED) is 0.388. The van der Waals surface area contributed by atoms with Crippen LogP contribution in [0.5, 0.6) is 5.75 Å². The van der Waals surface area contributed by atoms with Gasteiger partial charge in [-0.2, -0.15) is 0 Å². The van der Waals surface area contributed by atoms with Gasteiger partial charge < -0.3 is 24.7 Å². The van der Waals surface area contributed by atoms with E-state index in [0.29, 0.717) is 36.7 Å². The maximum Gasteiger partial charge on any atom is 0.573 e. The van der Waals surface area contributed by atoms with Crippen molar-refractivity contribution < 1.29 is 37.0 Å². The summed E-state index contributed by atoms with van der Waals surface area (Å²) in [5.74, 6) is -1.33. The predicted octanol–water partition coefficient (Wildman–Crippen LogP) is 5.00. The third kappa shape index (κ3) is 7.87. The van der Waals surface area contributed by atoms with Crippen LogP contribution in [0.25, 0.3) is 0 Å². The molecule has 2 amide bonds. The Kier molecular flexibility index (Phi) is 9.55. The van der Waals surface area contributed by atoms with Crippen LogP contribution in [-0.2, 0) is 16.1 Å². The SMILES string of the molecule is Cc1c(C(N)=O)cc(C(=O)CN(CC2CCCO2)C(=O)CC2CCCCC2)n1Cc1cccc(OC(F)(F)F)c1. The Hall–Kier alpha value is -3.34. The van der Waals surface area contributed by atoms with E-state index in [9.17, 15) is 27.6 Å². The molecule has 1 atom stereocenters. The van der Waals surface area contributed by atoms with Crippen molar-refractivity contribution in [3.8, 4) is 5.75 Å². The van der Waals surface area contributed by atoms with Crippen LogP contribution >= 0.6 is 0 Å². The van der Waals surface area contributed by atoms with Gasteiger partial charge in [-0.05, 0) is 62.3 Å². The summed E-state index contributed by atoms with van der Waals surface area (Å²) in [4.78, 5) is 40.8. The van der Waals surface area contributed by atoms with Gasteiger partial charge in [-0.1, -0.05) is 31.4 Å². The van der Waals surface area contributed by atoms with Gasteiger partial charge in [-0.15, -0.1) is 13.2 Å². The Labute approximate surface area is 231 Å². The maximum absolute atomic E-state index is 13.7. The van der Waals surface area contributed by atoms with Crippen LogP contribution in [-0.4, -0.2) is 59.2 Å². The number of benzene rings is 1. The molecule has 1 aliphatic carbocycles. The van der Waals surface area contributed by atoms with Crippen molar-refractivity contribution in [2.45, 2.75) is 77.3 Å². The highest BCUT2D eigenvalue weighted by molar-refractivity contribution is 6.02. The number of primary amides is 1. The molecule has 1 saturated heterocycles. The highest BCUT2D eigenvalue weighted by Gasteiger charge is 2.32. The zero-order chi connectivity index (χ0) is 28.9. The van der Waals surface area contributed by atoms with Crippen molar-refractivity contribution in [1.29, 1.82) is 0 Å². The summed E-state index contributed by atoms with van der Waals surface area (Å²) in [6.45, 7) is 2.33. The lowest BCUT2D eigenvalue weighted by atomic mass is 9.86. The Morgan fingerprint density at radius 2 is 1.85 bits per heavy atom. The van der Waals surface area contributed by atoms with E-state index in [1.165, 1.54) is 30.7 Å². The number of aromatic nitrogens is 1. The number of nitrogens with two attached hydrogens (primary N) is 1. The molecule has 2 heterocycles. The number of hydrogen-bond acceptors (Lipinski definition) is 5.